The highest BCUT2D eigenvalue weighted by molar-refractivity contribution is 9.10. The Morgan fingerprint density at radius 1 is 1.04 bits per heavy atom. The molecule has 0 aromatic heterocycles. The molecule has 0 radical (unpaired) electrons. The number of nitrogens with one attached hydrogen (secondary N) is 2. The number of carbonyl (C=O) groups is 2. The Morgan fingerprint density at radius 2 is 1.65 bits per heavy atom. The molecule has 0 spiro atoms. The highest BCUT2D eigenvalue weighted by Gasteiger charge is 2.15. The molecule has 5 nitrogen and oxygen atoms in total. The molecule has 2 aromatic rings. The van der Waals surface area contributed by atoms with E-state index in [0.717, 1.165) is 4.47 Å². The molecule has 0 saturated heterocycles. The molecule has 0 unspecified atom stereocenters. The van der Waals surface area contributed by atoms with Crippen LogP contribution in [-0.2, 0) is 4.79 Å². The lowest BCUT2D eigenvalue weighted by molar-refractivity contribution is -0.122. The van der Waals surface area contributed by atoms with Crippen LogP contribution in [0.15, 0.2) is 53.0 Å². The van der Waals surface area contributed by atoms with Crippen molar-refractivity contribution in [1.82, 2.24) is 5.32 Å². The molecule has 2 N–H and O–H groups in total. The Balaban J connectivity index is 1.95. The number of hydrogen-bond acceptors (Lipinski definition) is 3. The SMILES string of the molecule is CNC(=O)c1ccc(NC(=O)[C@@H](C)Oc2ccc(Br)cc2)cc1. The highest BCUT2D eigenvalue weighted by atomic mass is 79.9. The van der Waals surface area contributed by atoms with Crippen LogP contribution in [0.5, 0.6) is 5.75 Å². The van der Waals surface area contributed by atoms with Crippen LogP contribution < -0.4 is 15.4 Å². The fraction of sp³-hybridized carbons (Fsp3) is 0.176. The van der Waals surface area contributed by atoms with Gasteiger partial charge in [0, 0.05) is 22.8 Å². The van der Waals surface area contributed by atoms with E-state index in [4.69, 9.17) is 4.74 Å². The number of anilines is 1. The lowest BCUT2D eigenvalue weighted by Gasteiger charge is -2.15. The number of ether oxygens (including phenoxy) is 1. The molecule has 0 aliphatic heterocycles. The lowest BCUT2D eigenvalue weighted by Crippen LogP contribution is -2.30. The second-order valence-electron chi connectivity index (χ2n) is 4.86. The van der Waals surface area contributed by atoms with Gasteiger partial charge in [-0.3, -0.25) is 9.59 Å². The zero-order valence-corrected chi connectivity index (χ0v) is 14.4. The molecule has 6 heteroatoms. The van der Waals surface area contributed by atoms with Gasteiger partial charge in [0.25, 0.3) is 11.8 Å². The van der Waals surface area contributed by atoms with Crippen molar-refractivity contribution in [2.24, 2.45) is 0 Å². The predicted molar refractivity (Wildman–Crippen MR) is 92.7 cm³/mol. The van der Waals surface area contributed by atoms with E-state index < -0.39 is 6.10 Å². The minimum absolute atomic E-state index is 0.171. The van der Waals surface area contributed by atoms with Gasteiger partial charge in [0.05, 0.1) is 0 Å². The van der Waals surface area contributed by atoms with Crippen LogP contribution in [0, 0.1) is 0 Å². The summed E-state index contributed by atoms with van der Waals surface area (Å²) in [7, 11) is 1.57. The summed E-state index contributed by atoms with van der Waals surface area (Å²) in [6, 6.07) is 13.9. The number of hydrogen-bond donors (Lipinski definition) is 2. The summed E-state index contributed by atoms with van der Waals surface area (Å²) in [5.41, 5.74) is 1.14. The van der Waals surface area contributed by atoms with Gasteiger partial charge in [-0.25, -0.2) is 0 Å². The van der Waals surface area contributed by atoms with Crippen molar-refractivity contribution in [2.45, 2.75) is 13.0 Å². The lowest BCUT2D eigenvalue weighted by atomic mass is 10.2. The van der Waals surface area contributed by atoms with Crippen molar-refractivity contribution in [3.8, 4) is 5.75 Å². The van der Waals surface area contributed by atoms with E-state index in [1.807, 2.05) is 12.1 Å². The van der Waals surface area contributed by atoms with Crippen molar-refractivity contribution < 1.29 is 14.3 Å². The Hall–Kier alpha value is -2.34. The van der Waals surface area contributed by atoms with Crippen LogP contribution in [0.3, 0.4) is 0 Å². The largest absolute Gasteiger partial charge is 0.481 e. The molecule has 0 aliphatic rings. The van der Waals surface area contributed by atoms with Crippen LogP contribution in [0.4, 0.5) is 5.69 Å². The number of halogens is 1. The van der Waals surface area contributed by atoms with Gasteiger partial charge in [0.15, 0.2) is 6.10 Å². The minimum Gasteiger partial charge on any atom is -0.481 e. The molecule has 1 atom stereocenters. The normalized spacial score (nSPS) is 11.4. The molecular formula is C17H17BrN2O3. The van der Waals surface area contributed by atoms with E-state index in [-0.39, 0.29) is 11.8 Å². The van der Waals surface area contributed by atoms with Gasteiger partial charge in [-0.2, -0.15) is 0 Å². The van der Waals surface area contributed by atoms with Crippen molar-refractivity contribution in [2.75, 3.05) is 12.4 Å². The molecule has 0 heterocycles. The van der Waals surface area contributed by atoms with Gasteiger partial charge in [0.2, 0.25) is 0 Å². The van der Waals surface area contributed by atoms with Crippen LogP contribution in [0.2, 0.25) is 0 Å². The number of benzene rings is 2. The van der Waals surface area contributed by atoms with E-state index in [1.54, 1.807) is 50.4 Å². The average molecular weight is 377 g/mol. The molecule has 2 amide bonds. The van der Waals surface area contributed by atoms with Gasteiger partial charge < -0.3 is 15.4 Å². The summed E-state index contributed by atoms with van der Waals surface area (Å²) >= 11 is 3.34. The molecular weight excluding hydrogens is 360 g/mol. The van der Waals surface area contributed by atoms with E-state index in [2.05, 4.69) is 26.6 Å². The van der Waals surface area contributed by atoms with Crippen molar-refractivity contribution in [3.63, 3.8) is 0 Å². The maximum absolute atomic E-state index is 12.1. The third-order valence-electron chi connectivity index (χ3n) is 3.14. The van der Waals surface area contributed by atoms with Gasteiger partial charge >= 0.3 is 0 Å². The summed E-state index contributed by atoms with van der Waals surface area (Å²) in [5.74, 6) is 0.182. The first kappa shape index (κ1) is 17.0. The van der Waals surface area contributed by atoms with Gasteiger partial charge in [-0.15, -0.1) is 0 Å². The second-order valence-corrected chi connectivity index (χ2v) is 5.78. The summed E-state index contributed by atoms with van der Waals surface area (Å²) in [6.45, 7) is 1.68. The average Bonchev–Trinajstić information content (AvgIpc) is 2.56. The smallest absolute Gasteiger partial charge is 0.265 e. The minimum atomic E-state index is -0.644. The third kappa shape index (κ3) is 4.82. The molecule has 0 saturated carbocycles. The third-order valence-corrected chi connectivity index (χ3v) is 3.67. The van der Waals surface area contributed by atoms with Gasteiger partial charge in [-0.05, 0) is 55.5 Å². The Bertz CT molecular complexity index is 684. The molecule has 23 heavy (non-hydrogen) atoms. The molecule has 0 bridgehead atoms. The maximum Gasteiger partial charge on any atom is 0.265 e. The monoisotopic (exact) mass is 376 g/mol. The zero-order chi connectivity index (χ0) is 16.8. The standard InChI is InChI=1S/C17H17BrN2O3/c1-11(23-15-9-5-13(18)6-10-15)16(21)20-14-7-3-12(4-8-14)17(22)19-2/h3-11H,1-2H3,(H,19,22)(H,20,21)/t11-/m1/s1. The van der Waals surface area contributed by atoms with Crippen LogP contribution in [0.25, 0.3) is 0 Å². The first-order valence-corrected chi connectivity index (χ1v) is 7.84. The zero-order valence-electron chi connectivity index (χ0n) is 12.8. The van der Waals surface area contributed by atoms with Crippen molar-refractivity contribution in [3.05, 3.63) is 58.6 Å². The van der Waals surface area contributed by atoms with Gasteiger partial charge in [0.1, 0.15) is 5.75 Å². The van der Waals surface area contributed by atoms with Crippen LogP contribution in [0.1, 0.15) is 17.3 Å². The summed E-state index contributed by atoms with van der Waals surface area (Å²) in [6.07, 6.45) is -0.644. The Kier molecular flexibility index (Phi) is 5.76. The fourth-order valence-corrected chi connectivity index (χ4v) is 2.13. The van der Waals surface area contributed by atoms with E-state index in [1.165, 1.54) is 0 Å². The quantitative estimate of drug-likeness (QED) is 0.841. The van der Waals surface area contributed by atoms with Crippen LogP contribution in [-0.4, -0.2) is 25.0 Å². The molecule has 2 rings (SSSR count). The van der Waals surface area contributed by atoms with E-state index in [0.29, 0.717) is 17.0 Å². The first-order chi connectivity index (χ1) is 11.0. The van der Waals surface area contributed by atoms with E-state index in [9.17, 15) is 9.59 Å². The molecule has 120 valence electrons. The summed E-state index contributed by atoms with van der Waals surface area (Å²) in [4.78, 5) is 23.6. The number of rotatable bonds is 5. The van der Waals surface area contributed by atoms with Crippen molar-refractivity contribution in [1.29, 1.82) is 0 Å². The van der Waals surface area contributed by atoms with Gasteiger partial charge in [-0.1, -0.05) is 15.9 Å². The summed E-state index contributed by atoms with van der Waals surface area (Å²) in [5, 5.41) is 5.29. The molecule has 0 fully saturated rings. The predicted octanol–water partition coefficient (Wildman–Crippen LogP) is 3.21. The highest BCUT2D eigenvalue weighted by Crippen LogP contribution is 2.18. The molecule has 2 aromatic carbocycles. The Morgan fingerprint density at radius 3 is 2.22 bits per heavy atom. The maximum atomic E-state index is 12.1. The van der Waals surface area contributed by atoms with Crippen molar-refractivity contribution >= 4 is 33.4 Å². The van der Waals surface area contributed by atoms with E-state index >= 15 is 0 Å². The number of amides is 2. The summed E-state index contributed by atoms with van der Waals surface area (Å²) < 4.78 is 6.53. The van der Waals surface area contributed by atoms with Crippen LogP contribution >= 0.6 is 15.9 Å². The second kappa shape index (κ2) is 7.78. The Labute approximate surface area is 143 Å². The topological polar surface area (TPSA) is 67.4 Å². The first-order valence-electron chi connectivity index (χ1n) is 7.05. The molecule has 0 aliphatic carbocycles. The number of carbonyl (C=O) groups excluding carboxylic acids is 2. The fourth-order valence-electron chi connectivity index (χ4n) is 1.86.